The van der Waals surface area contributed by atoms with Crippen molar-refractivity contribution in [3.8, 4) is 0 Å². The minimum Gasteiger partial charge on any atom is -0.394 e. The molecule has 0 radical (unpaired) electrons. The van der Waals surface area contributed by atoms with Crippen molar-refractivity contribution in [2.24, 2.45) is 0 Å². The van der Waals surface area contributed by atoms with Gasteiger partial charge >= 0.3 is 0 Å². The molecule has 0 aromatic heterocycles. The van der Waals surface area contributed by atoms with E-state index in [9.17, 15) is 4.79 Å². The molecule has 1 heterocycles. The van der Waals surface area contributed by atoms with Gasteiger partial charge in [-0.3, -0.25) is 9.63 Å². The zero-order chi connectivity index (χ0) is 9.97. The molecule has 1 saturated carbocycles. The van der Waals surface area contributed by atoms with E-state index in [1.165, 1.54) is 24.3 Å². The van der Waals surface area contributed by atoms with E-state index in [2.05, 4.69) is 0 Å². The highest BCUT2D eigenvalue weighted by Gasteiger charge is 2.35. The summed E-state index contributed by atoms with van der Waals surface area (Å²) in [5.74, 6) is 0.0379. The highest BCUT2D eigenvalue weighted by atomic mass is 16.7. The fraction of sp³-hybridized carbons (Fsp3) is 0.900. The molecule has 2 aliphatic rings. The van der Waals surface area contributed by atoms with Crippen LogP contribution in [0.5, 0.6) is 0 Å². The molecule has 1 aliphatic carbocycles. The van der Waals surface area contributed by atoms with Crippen LogP contribution in [0.1, 0.15) is 38.5 Å². The second kappa shape index (κ2) is 4.28. The molecule has 1 atom stereocenters. The van der Waals surface area contributed by atoms with Gasteiger partial charge in [-0.1, -0.05) is 19.3 Å². The van der Waals surface area contributed by atoms with Gasteiger partial charge in [0, 0.05) is 0 Å². The Morgan fingerprint density at radius 1 is 1.36 bits per heavy atom. The average molecular weight is 199 g/mol. The first-order valence-corrected chi connectivity index (χ1v) is 5.41. The average Bonchev–Trinajstić information content (AvgIpc) is 2.61. The molecule has 2 fully saturated rings. The summed E-state index contributed by atoms with van der Waals surface area (Å²) in [7, 11) is 0. The Bertz CT molecular complexity index is 213. The first-order valence-electron chi connectivity index (χ1n) is 5.41. The Labute approximate surface area is 83.8 Å². The molecule has 1 amide bonds. The van der Waals surface area contributed by atoms with Gasteiger partial charge < -0.3 is 5.11 Å². The lowest BCUT2D eigenvalue weighted by Crippen LogP contribution is -2.37. The van der Waals surface area contributed by atoms with Crippen LogP contribution in [-0.2, 0) is 9.63 Å². The minimum atomic E-state index is -0.301. The molecular weight excluding hydrogens is 182 g/mol. The van der Waals surface area contributed by atoms with Gasteiger partial charge in [0.1, 0.15) is 6.10 Å². The number of rotatable bonds is 2. The van der Waals surface area contributed by atoms with Crippen molar-refractivity contribution in [2.45, 2.75) is 50.7 Å². The van der Waals surface area contributed by atoms with Crippen LogP contribution in [0.25, 0.3) is 0 Å². The van der Waals surface area contributed by atoms with Crippen LogP contribution in [0.2, 0.25) is 0 Å². The topological polar surface area (TPSA) is 49.8 Å². The Morgan fingerprint density at radius 2 is 2.07 bits per heavy atom. The van der Waals surface area contributed by atoms with Gasteiger partial charge in [0.05, 0.1) is 19.1 Å². The lowest BCUT2D eigenvalue weighted by atomic mass is 9.95. The summed E-state index contributed by atoms with van der Waals surface area (Å²) < 4.78 is 0. The van der Waals surface area contributed by atoms with Crippen LogP contribution in [-0.4, -0.2) is 34.8 Å². The highest BCUT2D eigenvalue weighted by Crippen LogP contribution is 2.27. The molecule has 0 aromatic rings. The smallest absolute Gasteiger partial charge is 0.249 e. The lowest BCUT2D eigenvalue weighted by Gasteiger charge is -2.29. The van der Waals surface area contributed by atoms with E-state index in [0.29, 0.717) is 6.42 Å². The number of hydrogen-bond acceptors (Lipinski definition) is 3. The van der Waals surface area contributed by atoms with Gasteiger partial charge in [-0.25, -0.2) is 5.06 Å². The van der Waals surface area contributed by atoms with Crippen molar-refractivity contribution in [3.63, 3.8) is 0 Å². The van der Waals surface area contributed by atoms with Crippen molar-refractivity contribution < 1.29 is 14.7 Å². The monoisotopic (exact) mass is 199 g/mol. The second-order valence-electron chi connectivity index (χ2n) is 4.13. The molecule has 1 aliphatic heterocycles. The van der Waals surface area contributed by atoms with Gasteiger partial charge in [-0.2, -0.15) is 0 Å². The number of aliphatic hydroxyl groups excluding tert-OH is 1. The van der Waals surface area contributed by atoms with Crippen molar-refractivity contribution in [3.05, 3.63) is 0 Å². The van der Waals surface area contributed by atoms with Crippen LogP contribution in [0.3, 0.4) is 0 Å². The van der Waals surface area contributed by atoms with Gasteiger partial charge in [0.2, 0.25) is 5.91 Å². The maximum absolute atomic E-state index is 11.5. The number of amides is 1. The minimum absolute atomic E-state index is 0.0379. The predicted octanol–water partition coefficient (Wildman–Crippen LogP) is 0.844. The van der Waals surface area contributed by atoms with E-state index >= 15 is 0 Å². The second-order valence-corrected chi connectivity index (χ2v) is 4.13. The van der Waals surface area contributed by atoms with Crippen LogP contribution in [0, 0.1) is 0 Å². The molecule has 14 heavy (non-hydrogen) atoms. The fourth-order valence-electron chi connectivity index (χ4n) is 2.24. The van der Waals surface area contributed by atoms with Crippen molar-refractivity contribution >= 4 is 5.91 Å². The maximum atomic E-state index is 11.5. The fourth-order valence-corrected chi connectivity index (χ4v) is 2.24. The van der Waals surface area contributed by atoms with E-state index in [-0.39, 0.29) is 24.7 Å². The third-order valence-corrected chi connectivity index (χ3v) is 3.02. The summed E-state index contributed by atoms with van der Waals surface area (Å²) in [6.45, 7) is -0.0606. The first-order chi connectivity index (χ1) is 6.81. The maximum Gasteiger partial charge on any atom is 0.249 e. The molecule has 0 bridgehead atoms. The summed E-state index contributed by atoms with van der Waals surface area (Å²) in [5.41, 5.74) is 0. The molecular formula is C10H17NO3. The number of carbonyl (C=O) groups is 1. The number of aliphatic hydroxyl groups is 1. The summed E-state index contributed by atoms with van der Waals surface area (Å²) in [6.07, 6.45) is 5.76. The summed E-state index contributed by atoms with van der Waals surface area (Å²) in [4.78, 5) is 16.9. The molecule has 1 saturated heterocycles. The summed E-state index contributed by atoms with van der Waals surface area (Å²) in [6, 6.07) is 0.257. The molecule has 1 unspecified atom stereocenters. The number of carbonyl (C=O) groups excluding carboxylic acids is 1. The van der Waals surface area contributed by atoms with Crippen molar-refractivity contribution in [1.29, 1.82) is 0 Å². The molecule has 1 N–H and O–H groups in total. The zero-order valence-corrected chi connectivity index (χ0v) is 8.32. The molecule has 4 heteroatoms. The van der Waals surface area contributed by atoms with Crippen molar-refractivity contribution in [2.75, 3.05) is 6.61 Å². The number of hydroxylamine groups is 2. The van der Waals surface area contributed by atoms with Crippen LogP contribution < -0.4 is 0 Å². The van der Waals surface area contributed by atoms with Crippen molar-refractivity contribution in [1.82, 2.24) is 5.06 Å². The van der Waals surface area contributed by atoms with E-state index in [1.54, 1.807) is 0 Å². The predicted molar refractivity (Wildman–Crippen MR) is 50.3 cm³/mol. The Morgan fingerprint density at radius 3 is 2.64 bits per heavy atom. The highest BCUT2D eigenvalue weighted by molar-refractivity contribution is 5.77. The Kier molecular flexibility index (Phi) is 3.03. The quantitative estimate of drug-likeness (QED) is 0.717. The first kappa shape index (κ1) is 9.93. The van der Waals surface area contributed by atoms with Gasteiger partial charge in [-0.15, -0.1) is 0 Å². The third-order valence-electron chi connectivity index (χ3n) is 3.02. The van der Waals surface area contributed by atoms with Crippen LogP contribution in [0.4, 0.5) is 0 Å². The molecule has 80 valence electrons. The van der Waals surface area contributed by atoms with Crippen LogP contribution >= 0.6 is 0 Å². The Hall–Kier alpha value is -0.610. The summed E-state index contributed by atoms with van der Waals surface area (Å²) in [5, 5.41) is 10.4. The van der Waals surface area contributed by atoms with Gasteiger partial charge in [0.15, 0.2) is 0 Å². The van der Waals surface area contributed by atoms with E-state index < -0.39 is 0 Å². The molecule has 4 nitrogen and oxygen atoms in total. The number of hydrogen-bond donors (Lipinski definition) is 1. The van der Waals surface area contributed by atoms with E-state index in [4.69, 9.17) is 9.94 Å². The lowest BCUT2D eigenvalue weighted by molar-refractivity contribution is -0.195. The third kappa shape index (κ3) is 1.91. The number of nitrogens with zero attached hydrogens (tertiary/aromatic N) is 1. The van der Waals surface area contributed by atoms with Gasteiger partial charge in [0.25, 0.3) is 0 Å². The standard InChI is InChI=1S/C10H17NO3/c12-7-9-6-10(13)11(14-9)8-4-2-1-3-5-8/h8-9,12H,1-7H2. The zero-order valence-electron chi connectivity index (χ0n) is 8.32. The van der Waals surface area contributed by atoms with E-state index in [1.807, 2.05) is 0 Å². The molecule has 2 rings (SSSR count). The van der Waals surface area contributed by atoms with Crippen LogP contribution in [0.15, 0.2) is 0 Å². The molecule has 0 spiro atoms. The molecule has 0 aromatic carbocycles. The normalized spacial score (nSPS) is 29.9. The van der Waals surface area contributed by atoms with E-state index in [0.717, 1.165) is 12.8 Å². The Balaban J connectivity index is 1.93. The SMILES string of the molecule is O=C1CC(CO)ON1C1CCCCC1. The largest absolute Gasteiger partial charge is 0.394 e. The van der Waals surface area contributed by atoms with Gasteiger partial charge in [-0.05, 0) is 12.8 Å². The summed E-state index contributed by atoms with van der Waals surface area (Å²) >= 11 is 0.